The van der Waals surface area contributed by atoms with Gasteiger partial charge in [0.15, 0.2) is 6.23 Å². The molecule has 2 aliphatic heterocycles. The summed E-state index contributed by atoms with van der Waals surface area (Å²) in [5, 5.41) is 7.18. The minimum absolute atomic E-state index is 0.0269. The predicted octanol–water partition coefficient (Wildman–Crippen LogP) is 5.88. The van der Waals surface area contributed by atoms with Crippen molar-refractivity contribution in [1.29, 1.82) is 0 Å². The first-order valence-electron chi connectivity index (χ1n) is 9.98. The van der Waals surface area contributed by atoms with E-state index in [4.69, 9.17) is 9.84 Å². The number of ether oxygens (including phenoxy) is 1. The van der Waals surface area contributed by atoms with Crippen LogP contribution in [0.15, 0.2) is 84.0 Å². The van der Waals surface area contributed by atoms with E-state index < -0.39 is 0 Å². The van der Waals surface area contributed by atoms with Crippen LogP contribution in [-0.4, -0.2) is 16.9 Å². The molecule has 2 aliphatic rings. The van der Waals surface area contributed by atoms with Gasteiger partial charge in [-0.15, -0.1) is 0 Å². The van der Waals surface area contributed by atoms with Crippen molar-refractivity contribution in [3.63, 3.8) is 0 Å². The van der Waals surface area contributed by atoms with Gasteiger partial charge in [0.05, 0.1) is 11.8 Å². The van der Waals surface area contributed by atoms with Gasteiger partial charge in [0.2, 0.25) is 0 Å². The van der Waals surface area contributed by atoms with Gasteiger partial charge in [-0.3, -0.25) is 0 Å². The number of rotatable bonds is 3. The zero-order chi connectivity index (χ0) is 19.1. The molecular formula is C25H24N2O. The number of hydrazone groups is 1. The lowest BCUT2D eigenvalue weighted by molar-refractivity contribution is -0.0461. The lowest BCUT2D eigenvalue weighted by Crippen LogP contribution is -2.43. The number of benzene rings is 3. The molecule has 0 aliphatic carbocycles. The van der Waals surface area contributed by atoms with E-state index in [1.807, 2.05) is 12.1 Å². The van der Waals surface area contributed by atoms with Crippen LogP contribution >= 0.6 is 0 Å². The molecule has 140 valence electrons. The molecule has 0 unspecified atom stereocenters. The van der Waals surface area contributed by atoms with Crippen molar-refractivity contribution in [3.8, 4) is 16.9 Å². The summed E-state index contributed by atoms with van der Waals surface area (Å²) in [4.78, 5) is 0. The first-order chi connectivity index (χ1) is 13.7. The van der Waals surface area contributed by atoms with Gasteiger partial charge in [-0.2, -0.15) is 5.10 Å². The summed E-state index contributed by atoms with van der Waals surface area (Å²) >= 11 is 0. The third-order valence-electron chi connectivity index (χ3n) is 5.62. The van der Waals surface area contributed by atoms with E-state index in [2.05, 4.69) is 85.6 Å². The Bertz CT molecular complexity index is 1010. The summed E-state index contributed by atoms with van der Waals surface area (Å²) in [6.45, 7) is 4.38. The number of hydrogen-bond donors (Lipinski definition) is 0. The standard InChI is InChI=1S/C25H24N2O/c1-17(2)25-27-23(21-10-6-7-11-24(21)28-25)16-22(26-27)20-14-12-19(13-15-20)18-8-4-3-5-9-18/h3-15,17,23,25H,16H2,1-2H3/t23-,25+/m0/s1. The highest BCUT2D eigenvalue weighted by Crippen LogP contribution is 2.44. The minimum Gasteiger partial charge on any atom is -0.468 e. The van der Waals surface area contributed by atoms with Crippen LogP contribution in [-0.2, 0) is 0 Å². The fourth-order valence-electron chi connectivity index (χ4n) is 4.16. The third-order valence-corrected chi connectivity index (χ3v) is 5.62. The molecule has 3 nitrogen and oxygen atoms in total. The molecule has 0 radical (unpaired) electrons. The van der Waals surface area contributed by atoms with Crippen molar-refractivity contribution >= 4 is 5.71 Å². The Morgan fingerprint density at radius 2 is 1.46 bits per heavy atom. The van der Waals surface area contributed by atoms with Crippen LogP contribution in [0, 0.1) is 5.92 Å². The number of para-hydroxylation sites is 1. The Morgan fingerprint density at radius 1 is 0.821 bits per heavy atom. The molecule has 0 spiro atoms. The van der Waals surface area contributed by atoms with E-state index >= 15 is 0 Å². The van der Waals surface area contributed by atoms with Crippen molar-refractivity contribution in [1.82, 2.24) is 5.01 Å². The van der Waals surface area contributed by atoms with Crippen LogP contribution in [0.2, 0.25) is 0 Å². The van der Waals surface area contributed by atoms with E-state index in [0.29, 0.717) is 5.92 Å². The molecule has 2 atom stereocenters. The molecule has 0 amide bonds. The van der Waals surface area contributed by atoms with Gasteiger partial charge in [-0.25, -0.2) is 5.01 Å². The lowest BCUT2D eigenvalue weighted by atomic mass is 9.95. The number of nitrogens with zero attached hydrogens (tertiary/aromatic N) is 2. The second kappa shape index (κ2) is 6.83. The fourth-order valence-corrected chi connectivity index (χ4v) is 4.16. The van der Waals surface area contributed by atoms with E-state index in [9.17, 15) is 0 Å². The molecule has 3 aromatic rings. The zero-order valence-corrected chi connectivity index (χ0v) is 16.2. The Hall–Kier alpha value is -3.07. The average Bonchev–Trinajstić information content (AvgIpc) is 3.19. The van der Waals surface area contributed by atoms with Crippen LogP contribution in [0.4, 0.5) is 0 Å². The van der Waals surface area contributed by atoms with Crippen LogP contribution in [0.5, 0.6) is 5.75 Å². The third kappa shape index (κ3) is 2.88. The topological polar surface area (TPSA) is 24.8 Å². The Kier molecular flexibility index (Phi) is 4.16. The maximum atomic E-state index is 6.29. The van der Waals surface area contributed by atoms with Crippen LogP contribution in [0.3, 0.4) is 0 Å². The predicted molar refractivity (Wildman–Crippen MR) is 113 cm³/mol. The van der Waals surface area contributed by atoms with Crippen molar-refractivity contribution < 1.29 is 4.74 Å². The molecular weight excluding hydrogens is 344 g/mol. The second-order valence-corrected chi connectivity index (χ2v) is 7.88. The summed E-state index contributed by atoms with van der Waals surface area (Å²) in [7, 11) is 0. The van der Waals surface area contributed by atoms with Gasteiger partial charge in [0, 0.05) is 17.9 Å². The Labute approximate surface area is 166 Å². The monoisotopic (exact) mass is 368 g/mol. The summed E-state index contributed by atoms with van der Waals surface area (Å²) in [5.74, 6) is 1.36. The van der Waals surface area contributed by atoms with Crippen molar-refractivity contribution in [2.45, 2.75) is 32.5 Å². The maximum absolute atomic E-state index is 6.29. The minimum atomic E-state index is -0.0269. The summed E-state index contributed by atoms with van der Waals surface area (Å²) in [6.07, 6.45) is 0.884. The molecule has 0 bridgehead atoms. The molecule has 0 N–H and O–H groups in total. The SMILES string of the molecule is CC(C)[C@H]1Oc2ccccc2[C@@H]2CC(c3ccc(-c4ccccc4)cc3)=NN12. The highest BCUT2D eigenvalue weighted by atomic mass is 16.5. The van der Waals surface area contributed by atoms with Gasteiger partial charge in [0.25, 0.3) is 0 Å². The van der Waals surface area contributed by atoms with Crippen LogP contribution < -0.4 is 4.74 Å². The first-order valence-corrected chi connectivity index (χ1v) is 9.98. The Balaban J connectivity index is 1.47. The average molecular weight is 368 g/mol. The lowest BCUT2D eigenvalue weighted by Gasteiger charge is -2.39. The van der Waals surface area contributed by atoms with Crippen molar-refractivity contribution in [2.24, 2.45) is 11.0 Å². The highest BCUT2D eigenvalue weighted by molar-refractivity contribution is 6.02. The molecule has 3 heteroatoms. The summed E-state index contributed by atoms with van der Waals surface area (Å²) in [5.41, 5.74) is 6.03. The summed E-state index contributed by atoms with van der Waals surface area (Å²) in [6, 6.07) is 27.9. The van der Waals surface area contributed by atoms with E-state index in [-0.39, 0.29) is 12.3 Å². The van der Waals surface area contributed by atoms with Gasteiger partial charge in [0.1, 0.15) is 5.75 Å². The molecule has 0 saturated carbocycles. The fraction of sp³-hybridized carbons (Fsp3) is 0.240. The smallest absolute Gasteiger partial charge is 0.190 e. The molecule has 2 heterocycles. The van der Waals surface area contributed by atoms with E-state index in [1.54, 1.807) is 0 Å². The zero-order valence-electron chi connectivity index (χ0n) is 16.2. The summed E-state index contributed by atoms with van der Waals surface area (Å²) < 4.78 is 6.29. The molecule has 5 rings (SSSR count). The van der Waals surface area contributed by atoms with Gasteiger partial charge >= 0.3 is 0 Å². The number of hydrogen-bond acceptors (Lipinski definition) is 3. The molecule has 0 fully saturated rings. The number of fused-ring (bicyclic) bond motifs is 3. The van der Waals surface area contributed by atoms with Crippen molar-refractivity contribution in [3.05, 3.63) is 90.0 Å². The molecule has 28 heavy (non-hydrogen) atoms. The van der Waals surface area contributed by atoms with Gasteiger partial charge in [-0.1, -0.05) is 86.6 Å². The van der Waals surface area contributed by atoms with E-state index in [1.165, 1.54) is 22.3 Å². The first kappa shape index (κ1) is 17.1. The molecule has 3 aromatic carbocycles. The van der Waals surface area contributed by atoms with E-state index in [0.717, 1.165) is 17.9 Å². The normalized spacial score (nSPS) is 20.4. The molecule has 0 saturated heterocycles. The second-order valence-electron chi connectivity index (χ2n) is 7.88. The van der Waals surface area contributed by atoms with Crippen LogP contribution in [0.25, 0.3) is 11.1 Å². The van der Waals surface area contributed by atoms with Crippen LogP contribution in [0.1, 0.15) is 37.4 Å². The maximum Gasteiger partial charge on any atom is 0.190 e. The van der Waals surface area contributed by atoms with Gasteiger partial charge < -0.3 is 4.74 Å². The largest absolute Gasteiger partial charge is 0.468 e. The quantitative estimate of drug-likeness (QED) is 0.577. The Morgan fingerprint density at radius 3 is 2.21 bits per heavy atom. The van der Waals surface area contributed by atoms with Crippen molar-refractivity contribution in [2.75, 3.05) is 0 Å². The molecule has 0 aromatic heterocycles. The van der Waals surface area contributed by atoms with Gasteiger partial charge in [-0.05, 0) is 22.8 Å². The highest BCUT2D eigenvalue weighted by Gasteiger charge is 2.41.